The van der Waals surface area contributed by atoms with Crippen LogP contribution >= 0.6 is 15.9 Å². The fraction of sp³-hybridized carbons (Fsp3) is 0. The maximum absolute atomic E-state index is 5.16. The van der Waals surface area contributed by atoms with E-state index in [4.69, 9.17) is 19.9 Å². The summed E-state index contributed by atoms with van der Waals surface area (Å²) in [7, 11) is 0. The number of anilines is 11. The summed E-state index contributed by atoms with van der Waals surface area (Å²) in [6.45, 7) is 0. The topological polar surface area (TPSA) is 73.3 Å². The van der Waals surface area contributed by atoms with E-state index in [1.807, 2.05) is 97.3 Å². The van der Waals surface area contributed by atoms with Gasteiger partial charge in [0.05, 0.1) is 51.5 Å². The fourth-order valence-electron chi connectivity index (χ4n) is 16.5. The normalized spacial score (nSPS) is 11.3. The van der Waals surface area contributed by atoms with Crippen molar-refractivity contribution in [3.05, 3.63) is 442 Å². The van der Waals surface area contributed by atoms with Gasteiger partial charge in [-0.1, -0.05) is 307 Å². The molecule has 0 amide bonds. The molecule has 0 unspecified atom stereocenters. The number of nitrogens with zero attached hydrogens (tertiary/aromatic N) is 7. The van der Waals surface area contributed by atoms with Crippen molar-refractivity contribution < 1.29 is 0 Å². The molecule has 9 heteroatoms. The molecule has 0 aliphatic heterocycles. The summed E-state index contributed by atoms with van der Waals surface area (Å²) < 4.78 is 1.11. The van der Waals surface area contributed by atoms with Crippen LogP contribution in [0, 0.1) is 0 Å². The highest BCUT2D eigenvalue weighted by molar-refractivity contribution is 9.10. The number of hydrogen-bond acceptors (Lipinski definition) is 8. The summed E-state index contributed by atoms with van der Waals surface area (Å²) in [5.41, 5.74) is 22.7. The molecule has 2 heterocycles. The maximum Gasteiger partial charge on any atom is 0.156 e. The Kier molecular flexibility index (Phi) is 19.0. The van der Waals surface area contributed by atoms with Crippen molar-refractivity contribution in [2.24, 2.45) is 0 Å². The molecule has 20 aromatic carbocycles. The van der Waals surface area contributed by atoms with Crippen molar-refractivity contribution in [3.63, 3.8) is 0 Å². The van der Waals surface area contributed by atoms with Crippen molar-refractivity contribution >= 4 is 165 Å². The second kappa shape index (κ2) is 31.4. The Labute approximate surface area is 686 Å². The SMILES string of the molecule is Brc1ccc2ccc3c(N(c4ccccc4)c4cnc5ccccc5n4)ccc4ccc1c2c43.c1ccc(-c2cc(-c3ccccc3)cc(N(c3ccccc3)c3ccc4ccc5c(N(c6ccccc6)c6cnc7ccccc7n6)ccc6ccc3c4c65)c2)cc1.c1ccc(Nc2cc(-c3ccccc3)cc(-c3ccccc3)c2)cc1. The number of rotatable bonds is 15. The van der Waals surface area contributed by atoms with E-state index >= 15 is 0 Å². The van der Waals surface area contributed by atoms with Crippen molar-refractivity contribution in [3.8, 4) is 44.5 Å². The average molecular weight is 1560 g/mol. The molecule has 0 spiro atoms. The molecule has 22 aromatic rings. The quantitative estimate of drug-likeness (QED) is 0.102. The molecular weight excluding hydrogens is 1490 g/mol. The number of halogens is 1. The van der Waals surface area contributed by atoms with E-state index in [2.05, 4.69) is 376 Å². The molecule has 2 aromatic heterocycles. The van der Waals surface area contributed by atoms with Crippen LogP contribution in [0.5, 0.6) is 0 Å². The summed E-state index contributed by atoms with van der Waals surface area (Å²) in [5.74, 6) is 1.56. The zero-order chi connectivity index (χ0) is 78.0. The van der Waals surface area contributed by atoms with Gasteiger partial charge < -0.3 is 10.2 Å². The van der Waals surface area contributed by atoms with Crippen LogP contribution in [0.4, 0.5) is 62.8 Å². The van der Waals surface area contributed by atoms with Crippen LogP contribution in [0.2, 0.25) is 0 Å². The molecule has 0 atom stereocenters. The Bertz CT molecular complexity index is 7180. The molecule has 0 bridgehead atoms. The summed E-state index contributed by atoms with van der Waals surface area (Å²) in [5, 5.41) is 18.1. The Balaban J connectivity index is 0.000000126. The zero-order valence-electron chi connectivity index (χ0n) is 63.6. The smallest absolute Gasteiger partial charge is 0.156 e. The van der Waals surface area contributed by atoms with E-state index < -0.39 is 0 Å². The second-order valence-corrected chi connectivity index (χ2v) is 30.0. The number of hydrogen-bond donors (Lipinski definition) is 1. The van der Waals surface area contributed by atoms with Crippen molar-refractivity contribution in [2.45, 2.75) is 0 Å². The first-order valence-corrected chi connectivity index (χ1v) is 40.1. The first-order valence-electron chi connectivity index (χ1n) is 39.3. The van der Waals surface area contributed by atoms with Crippen LogP contribution in [0.3, 0.4) is 0 Å². The predicted octanol–water partition coefficient (Wildman–Crippen LogP) is 30.3. The Morgan fingerprint density at radius 1 is 0.214 bits per heavy atom. The molecule has 0 saturated carbocycles. The van der Waals surface area contributed by atoms with Gasteiger partial charge >= 0.3 is 0 Å². The monoisotopic (exact) mass is 1560 g/mol. The molecular formula is C108H73BrN8. The molecule has 0 aliphatic rings. The Morgan fingerprint density at radius 3 is 0.889 bits per heavy atom. The molecule has 552 valence electrons. The standard InChI is InChI=1S/C54H36N4.C30H18BrN3.C24H19N/c1-5-15-37(16-6-1)41-33-42(38-17-7-2-8-18-38)35-45(34-41)57(43-19-9-3-10-20-43)50-31-27-39-26-30-47-51(32-28-40-25-29-46(50)53(39)54(40)47)58(44-21-11-4-12-22-44)52-36-55-48-23-13-14-24-49(48)56-52;31-24-16-12-19-11-15-23-27(17-13-20-10-14-22(24)29(19)30(20)23)34(21-6-2-1-3-7-21)28-18-32-25-8-4-5-9-26(25)33-28;1-4-10-19(11-5-1)21-16-22(20-12-6-2-7-13-20)18-24(17-21)25-23-14-8-3-9-15-23/h1-36H;1-18H;1-18,25H. The van der Waals surface area contributed by atoms with Gasteiger partial charge in [0.15, 0.2) is 11.6 Å². The van der Waals surface area contributed by atoms with Crippen molar-refractivity contribution in [1.82, 2.24) is 19.9 Å². The van der Waals surface area contributed by atoms with E-state index in [-0.39, 0.29) is 0 Å². The van der Waals surface area contributed by atoms with Gasteiger partial charge in [-0.25, -0.2) is 9.97 Å². The largest absolute Gasteiger partial charge is 0.355 e. The number of fused-ring (bicyclic) bond motifs is 2. The predicted molar refractivity (Wildman–Crippen MR) is 496 cm³/mol. The average Bonchev–Trinajstić information content (AvgIpc) is 0.735. The number of benzene rings is 20. The molecule has 1 N–H and O–H groups in total. The van der Waals surface area contributed by atoms with E-state index in [1.165, 1.54) is 92.6 Å². The Hall–Kier alpha value is -15.2. The van der Waals surface area contributed by atoms with Crippen LogP contribution in [-0.4, -0.2) is 19.9 Å². The third-order valence-electron chi connectivity index (χ3n) is 21.9. The third kappa shape index (κ3) is 14.0. The van der Waals surface area contributed by atoms with Crippen LogP contribution in [0.1, 0.15) is 0 Å². The molecule has 22 rings (SSSR count). The lowest BCUT2D eigenvalue weighted by atomic mass is 9.91. The Morgan fingerprint density at radius 2 is 0.504 bits per heavy atom. The van der Waals surface area contributed by atoms with Gasteiger partial charge in [0.2, 0.25) is 0 Å². The highest BCUT2D eigenvalue weighted by Crippen LogP contribution is 2.50. The molecule has 0 fully saturated rings. The van der Waals surface area contributed by atoms with Crippen LogP contribution in [0.25, 0.3) is 131 Å². The van der Waals surface area contributed by atoms with Crippen LogP contribution in [0.15, 0.2) is 442 Å². The molecule has 0 saturated heterocycles. The van der Waals surface area contributed by atoms with Crippen molar-refractivity contribution in [2.75, 3.05) is 20.0 Å². The summed E-state index contributed by atoms with van der Waals surface area (Å²) in [6.07, 6.45) is 3.75. The highest BCUT2D eigenvalue weighted by atomic mass is 79.9. The third-order valence-corrected chi connectivity index (χ3v) is 22.6. The lowest BCUT2D eigenvalue weighted by Crippen LogP contribution is -2.13. The second-order valence-electron chi connectivity index (χ2n) is 29.1. The van der Waals surface area contributed by atoms with Gasteiger partial charge in [-0.15, -0.1) is 0 Å². The fourth-order valence-corrected chi connectivity index (χ4v) is 16.9. The van der Waals surface area contributed by atoms with E-state index in [1.54, 1.807) is 0 Å². The number of nitrogens with one attached hydrogen (secondary N) is 1. The van der Waals surface area contributed by atoms with Gasteiger partial charge in [0.25, 0.3) is 0 Å². The van der Waals surface area contributed by atoms with Gasteiger partial charge in [0, 0.05) is 54.8 Å². The first kappa shape index (κ1) is 70.9. The molecule has 0 radical (unpaired) electrons. The summed E-state index contributed by atoms with van der Waals surface area (Å²) in [4.78, 5) is 26.6. The molecule has 8 nitrogen and oxygen atoms in total. The number of para-hydroxylation sites is 8. The van der Waals surface area contributed by atoms with Crippen LogP contribution < -0.4 is 20.0 Å². The number of aromatic nitrogens is 4. The minimum Gasteiger partial charge on any atom is -0.355 e. The van der Waals surface area contributed by atoms with E-state index in [0.717, 1.165) is 106 Å². The first-order chi connectivity index (χ1) is 57.9. The van der Waals surface area contributed by atoms with Gasteiger partial charge in [0.1, 0.15) is 0 Å². The van der Waals surface area contributed by atoms with Crippen molar-refractivity contribution in [1.29, 1.82) is 0 Å². The van der Waals surface area contributed by atoms with Gasteiger partial charge in [-0.2, -0.15) is 0 Å². The van der Waals surface area contributed by atoms with Gasteiger partial charge in [-0.3, -0.25) is 19.8 Å². The van der Waals surface area contributed by atoms with E-state index in [0.29, 0.717) is 0 Å². The summed E-state index contributed by atoms with van der Waals surface area (Å²) >= 11 is 3.76. The van der Waals surface area contributed by atoms with Crippen LogP contribution in [-0.2, 0) is 0 Å². The summed E-state index contributed by atoms with van der Waals surface area (Å²) in [6, 6.07) is 150. The van der Waals surface area contributed by atoms with E-state index in [9.17, 15) is 0 Å². The highest BCUT2D eigenvalue weighted by Gasteiger charge is 2.26. The molecule has 0 aliphatic carbocycles. The lowest BCUT2D eigenvalue weighted by Gasteiger charge is -2.29. The minimum atomic E-state index is 0.767. The lowest BCUT2D eigenvalue weighted by molar-refractivity contribution is 1.18. The van der Waals surface area contributed by atoms with Gasteiger partial charge in [-0.05, 0) is 226 Å². The zero-order valence-corrected chi connectivity index (χ0v) is 65.2. The molecule has 117 heavy (non-hydrogen) atoms. The minimum absolute atomic E-state index is 0.767. The maximum atomic E-state index is 5.16.